The molecule has 17 heavy (non-hydrogen) atoms. The molecule has 2 rings (SSSR count). The fourth-order valence-electron chi connectivity index (χ4n) is 2.98. The third-order valence-electron chi connectivity index (χ3n) is 3.94. The number of hydrogen-bond acceptors (Lipinski definition) is 2. The predicted octanol–water partition coefficient (Wildman–Crippen LogP) is 2.69. The molecule has 1 N–H and O–H groups in total. The van der Waals surface area contributed by atoms with E-state index in [1.165, 1.54) is 31.4 Å². The third kappa shape index (κ3) is 3.09. The van der Waals surface area contributed by atoms with Crippen LogP contribution in [0, 0.1) is 5.92 Å². The Balaban J connectivity index is 2.04. The Kier molecular flexibility index (Phi) is 4.21. The lowest BCUT2D eigenvalue weighted by Gasteiger charge is -2.32. The molecule has 1 fully saturated rings. The van der Waals surface area contributed by atoms with Gasteiger partial charge >= 0.3 is 0 Å². The molecular weight excluding hydrogens is 210 g/mol. The summed E-state index contributed by atoms with van der Waals surface area (Å²) in [6.45, 7) is 5.59. The molecule has 0 spiro atoms. The summed E-state index contributed by atoms with van der Waals surface area (Å²) in [6.07, 6.45) is 7.36. The van der Waals surface area contributed by atoms with Crippen LogP contribution in [0.3, 0.4) is 0 Å². The highest BCUT2D eigenvalue weighted by Crippen LogP contribution is 2.37. The topological polar surface area (TPSA) is 29.9 Å². The lowest BCUT2D eigenvalue weighted by molar-refractivity contribution is 0.280. The van der Waals surface area contributed by atoms with E-state index >= 15 is 0 Å². The van der Waals surface area contributed by atoms with Crippen LogP contribution in [0.15, 0.2) is 12.3 Å². The normalized spacial score (nSPS) is 25.4. The minimum atomic E-state index is 0.587. The van der Waals surface area contributed by atoms with Crippen LogP contribution in [0.2, 0.25) is 0 Å². The van der Waals surface area contributed by atoms with Crippen molar-refractivity contribution in [1.29, 1.82) is 0 Å². The second kappa shape index (κ2) is 5.67. The van der Waals surface area contributed by atoms with Crippen molar-refractivity contribution < 1.29 is 0 Å². The SMILES string of the molecule is CC(C)NCC1CCCCC1c1ccnn1C. The quantitative estimate of drug-likeness (QED) is 0.869. The van der Waals surface area contributed by atoms with Crippen LogP contribution in [0.4, 0.5) is 0 Å². The van der Waals surface area contributed by atoms with Gasteiger partial charge in [-0.15, -0.1) is 0 Å². The van der Waals surface area contributed by atoms with Gasteiger partial charge in [0.25, 0.3) is 0 Å². The van der Waals surface area contributed by atoms with Gasteiger partial charge in [0, 0.05) is 30.9 Å². The van der Waals surface area contributed by atoms with Gasteiger partial charge in [0.15, 0.2) is 0 Å². The monoisotopic (exact) mass is 235 g/mol. The number of nitrogens with one attached hydrogen (secondary N) is 1. The lowest BCUT2D eigenvalue weighted by atomic mass is 9.77. The highest BCUT2D eigenvalue weighted by atomic mass is 15.3. The standard InChI is InChI=1S/C14H25N3/c1-11(2)15-10-12-6-4-5-7-13(12)14-8-9-16-17(14)3/h8-9,11-13,15H,4-7,10H2,1-3H3. The van der Waals surface area contributed by atoms with Crippen molar-refractivity contribution >= 4 is 0 Å². The largest absolute Gasteiger partial charge is 0.314 e. The lowest BCUT2D eigenvalue weighted by Crippen LogP contribution is -2.34. The predicted molar refractivity (Wildman–Crippen MR) is 71.0 cm³/mol. The van der Waals surface area contributed by atoms with Gasteiger partial charge < -0.3 is 5.32 Å². The smallest absolute Gasteiger partial charge is 0.0492 e. The fourth-order valence-corrected chi connectivity index (χ4v) is 2.98. The molecule has 1 aliphatic carbocycles. The summed E-state index contributed by atoms with van der Waals surface area (Å²) in [4.78, 5) is 0. The van der Waals surface area contributed by atoms with Crippen molar-refractivity contribution in [2.24, 2.45) is 13.0 Å². The summed E-state index contributed by atoms with van der Waals surface area (Å²) in [5.74, 6) is 1.48. The second-order valence-electron chi connectivity index (χ2n) is 5.59. The van der Waals surface area contributed by atoms with E-state index in [0.29, 0.717) is 12.0 Å². The molecule has 0 aliphatic heterocycles. The molecule has 1 saturated carbocycles. The molecule has 1 aromatic rings. The molecule has 0 aromatic carbocycles. The van der Waals surface area contributed by atoms with E-state index in [1.807, 2.05) is 6.20 Å². The first-order valence-corrected chi connectivity index (χ1v) is 6.89. The molecule has 96 valence electrons. The third-order valence-corrected chi connectivity index (χ3v) is 3.94. The highest BCUT2D eigenvalue weighted by molar-refractivity contribution is 5.10. The van der Waals surface area contributed by atoms with Crippen molar-refractivity contribution in [1.82, 2.24) is 15.1 Å². The average molecular weight is 235 g/mol. The zero-order valence-corrected chi connectivity index (χ0v) is 11.3. The van der Waals surface area contributed by atoms with Gasteiger partial charge in [-0.2, -0.15) is 5.10 Å². The molecule has 3 heteroatoms. The molecule has 0 bridgehead atoms. The summed E-state index contributed by atoms with van der Waals surface area (Å²) in [6, 6.07) is 2.78. The Morgan fingerprint density at radius 2 is 2.18 bits per heavy atom. The number of nitrogens with zero attached hydrogens (tertiary/aromatic N) is 2. The molecular formula is C14H25N3. The number of aromatic nitrogens is 2. The minimum Gasteiger partial charge on any atom is -0.314 e. The maximum Gasteiger partial charge on any atom is 0.0492 e. The van der Waals surface area contributed by atoms with Crippen LogP contribution in [0.25, 0.3) is 0 Å². The summed E-state index contributed by atoms with van der Waals surface area (Å²) >= 11 is 0. The van der Waals surface area contributed by atoms with Crippen LogP contribution in [0.5, 0.6) is 0 Å². The van der Waals surface area contributed by atoms with Crippen molar-refractivity contribution in [3.05, 3.63) is 18.0 Å². The van der Waals surface area contributed by atoms with Gasteiger partial charge in [-0.1, -0.05) is 26.7 Å². The Hall–Kier alpha value is -0.830. The van der Waals surface area contributed by atoms with Crippen molar-refractivity contribution in [3.63, 3.8) is 0 Å². The first kappa shape index (κ1) is 12.6. The zero-order valence-electron chi connectivity index (χ0n) is 11.3. The summed E-state index contributed by atoms with van der Waals surface area (Å²) in [5.41, 5.74) is 1.42. The van der Waals surface area contributed by atoms with Crippen LogP contribution in [-0.4, -0.2) is 22.4 Å². The van der Waals surface area contributed by atoms with Crippen LogP contribution in [-0.2, 0) is 7.05 Å². The first-order chi connectivity index (χ1) is 8.18. The van der Waals surface area contributed by atoms with E-state index in [4.69, 9.17) is 0 Å². The van der Waals surface area contributed by atoms with Crippen LogP contribution >= 0.6 is 0 Å². The average Bonchev–Trinajstić information content (AvgIpc) is 2.73. The maximum absolute atomic E-state index is 4.32. The van der Waals surface area contributed by atoms with E-state index in [2.05, 4.69) is 42.1 Å². The molecule has 0 saturated heterocycles. The van der Waals surface area contributed by atoms with Crippen LogP contribution in [0.1, 0.15) is 51.1 Å². The van der Waals surface area contributed by atoms with Gasteiger partial charge in [0.05, 0.1) is 0 Å². The molecule has 1 aromatic heterocycles. The van der Waals surface area contributed by atoms with Crippen molar-refractivity contribution in [3.8, 4) is 0 Å². The maximum atomic E-state index is 4.32. The van der Waals surface area contributed by atoms with E-state index in [-0.39, 0.29) is 0 Å². The van der Waals surface area contributed by atoms with E-state index in [1.54, 1.807) is 0 Å². The highest BCUT2D eigenvalue weighted by Gasteiger charge is 2.28. The number of hydrogen-bond donors (Lipinski definition) is 1. The summed E-state index contributed by atoms with van der Waals surface area (Å²) in [7, 11) is 2.07. The summed E-state index contributed by atoms with van der Waals surface area (Å²) in [5, 5.41) is 7.91. The Morgan fingerprint density at radius 3 is 2.82 bits per heavy atom. The van der Waals surface area contributed by atoms with Gasteiger partial charge in [-0.05, 0) is 31.4 Å². The Labute approximate surface area is 105 Å². The van der Waals surface area contributed by atoms with Gasteiger partial charge in [-0.3, -0.25) is 4.68 Å². The molecule has 1 heterocycles. The molecule has 2 unspecified atom stereocenters. The number of aryl methyl sites for hydroxylation is 1. The van der Waals surface area contributed by atoms with Gasteiger partial charge in [0.1, 0.15) is 0 Å². The molecule has 3 nitrogen and oxygen atoms in total. The van der Waals surface area contributed by atoms with E-state index < -0.39 is 0 Å². The number of rotatable bonds is 4. The van der Waals surface area contributed by atoms with Gasteiger partial charge in [-0.25, -0.2) is 0 Å². The summed E-state index contributed by atoms with van der Waals surface area (Å²) < 4.78 is 2.05. The first-order valence-electron chi connectivity index (χ1n) is 6.89. The minimum absolute atomic E-state index is 0.587. The zero-order chi connectivity index (χ0) is 12.3. The molecule has 1 aliphatic rings. The Bertz CT molecular complexity index is 343. The van der Waals surface area contributed by atoms with Gasteiger partial charge in [0.2, 0.25) is 0 Å². The van der Waals surface area contributed by atoms with Crippen LogP contribution < -0.4 is 5.32 Å². The van der Waals surface area contributed by atoms with Crippen molar-refractivity contribution in [2.45, 2.75) is 51.5 Å². The second-order valence-corrected chi connectivity index (χ2v) is 5.59. The Morgan fingerprint density at radius 1 is 1.41 bits per heavy atom. The van der Waals surface area contributed by atoms with Crippen molar-refractivity contribution in [2.75, 3.05) is 6.54 Å². The molecule has 0 amide bonds. The molecule has 0 radical (unpaired) electrons. The van der Waals surface area contributed by atoms with E-state index in [9.17, 15) is 0 Å². The van der Waals surface area contributed by atoms with E-state index in [0.717, 1.165) is 12.5 Å². The molecule has 2 atom stereocenters. The fraction of sp³-hybridized carbons (Fsp3) is 0.786.